The van der Waals surface area contributed by atoms with Crippen molar-refractivity contribution in [3.05, 3.63) is 136 Å². The number of hydrogen-bond acceptors (Lipinski definition) is 0. The summed E-state index contributed by atoms with van der Waals surface area (Å²) >= 11 is 0. The predicted molar refractivity (Wildman–Crippen MR) is 155 cm³/mol. The Kier molecular flexibility index (Phi) is 5.72. The van der Waals surface area contributed by atoms with E-state index in [4.69, 9.17) is 0 Å². The summed E-state index contributed by atoms with van der Waals surface area (Å²) in [7, 11) is 0. The van der Waals surface area contributed by atoms with Gasteiger partial charge in [0, 0.05) is 5.92 Å². The molecule has 3 atom stereocenters. The monoisotopic (exact) mass is 468 g/mol. The smallest absolute Gasteiger partial charge is 0.0175 e. The van der Waals surface area contributed by atoms with E-state index in [1.807, 2.05) is 0 Å². The number of aryl methyl sites for hydroxylation is 1. The topological polar surface area (TPSA) is 0 Å². The highest BCUT2D eigenvalue weighted by Gasteiger charge is 2.43. The molecule has 3 aliphatic carbocycles. The first kappa shape index (κ1) is 23.0. The molecule has 0 nitrogen and oxygen atoms in total. The fourth-order valence-corrected chi connectivity index (χ4v) is 7.27. The van der Waals surface area contributed by atoms with E-state index in [1.54, 1.807) is 11.1 Å². The molecular weight excluding hydrogens is 432 g/mol. The second-order valence-corrected chi connectivity index (χ2v) is 11.0. The summed E-state index contributed by atoms with van der Waals surface area (Å²) < 4.78 is 0. The Morgan fingerprint density at radius 3 is 2.61 bits per heavy atom. The maximum absolute atomic E-state index is 4.50. The van der Waals surface area contributed by atoms with Gasteiger partial charge in [-0.05, 0) is 94.7 Å². The van der Waals surface area contributed by atoms with Gasteiger partial charge in [-0.25, -0.2) is 0 Å². The number of benzene rings is 3. The Labute approximate surface area is 216 Å². The van der Waals surface area contributed by atoms with Crippen molar-refractivity contribution in [1.29, 1.82) is 0 Å². The van der Waals surface area contributed by atoms with Crippen molar-refractivity contribution in [2.24, 2.45) is 11.8 Å². The predicted octanol–water partition coefficient (Wildman–Crippen LogP) is 9.54. The van der Waals surface area contributed by atoms with Crippen molar-refractivity contribution in [3.63, 3.8) is 0 Å². The molecule has 0 radical (unpaired) electrons. The lowest BCUT2D eigenvalue weighted by Crippen LogP contribution is -2.25. The van der Waals surface area contributed by atoms with E-state index in [9.17, 15) is 0 Å². The van der Waals surface area contributed by atoms with Crippen LogP contribution in [0, 0.1) is 11.8 Å². The summed E-state index contributed by atoms with van der Waals surface area (Å²) in [4.78, 5) is 0. The van der Waals surface area contributed by atoms with Crippen LogP contribution in [0.5, 0.6) is 0 Å². The highest BCUT2D eigenvalue weighted by atomic mass is 14.5. The molecule has 0 N–H and O–H groups in total. The third-order valence-electron chi connectivity index (χ3n) is 8.88. The molecule has 3 aromatic rings. The van der Waals surface area contributed by atoms with Crippen molar-refractivity contribution in [3.8, 4) is 0 Å². The second-order valence-electron chi connectivity index (χ2n) is 11.0. The largest absolute Gasteiger partial charge is 0.0958 e. The minimum atomic E-state index is 0.342. The van der Waals surface area contributed by atoms with E-state index in [1.165, 1.54) is 55.3 Å². The van der Waals surface area contributed by atoms with Gasteiger partial charge in [-0.3, -0.25) is 0 Å². The summed E-state index contributed by atoms with van der Waals surface area (Å²) in [6.07, 6.45) is 10.6. The average Bonchev–Trinajstić information content (AvgIpc) is 3.43. The first-order valence-corrected chi connectivity index (χ1v) is 13.5. The summed E-state index contributed by atoms with van der Waals surface area (Å²) in [5, 5.41) is 2.75. The zero-order valence-corrected chi connectivity index (χ0v) is 22.1. The molecule has 0 spiro atoms. The minimum absolute atomic E-state index is 0.342. The molecule has 0 bridgehead atoms. The Hall–Kier alpha value is -3.38. The van der Waals surface area contributed by atoms with Gasteiger partial charge in [0.15, 0.2) is 0 Å². The van der Waals surface area contributed by atoms with E-state index in [0.29, 0.717) is 17.8 Å². The van der Waals surface area contributed by atoms with Crippen LogP contribution in [0.3, 0.4) is 0 Å². The fraction of sp³-hybridized carbons (Fsp3) is 0.278. The Morgan fingerprint density at radius 2 is 1.81 bits per heavy atom. The van der Waals surface area contributed by atoms with Crippen LogP contribution in [0.2, 0.25) is 0 Å². The maximum atomic E-state index is 4.50. The Morgan fingerprint density at radius 1 is 1.03 bits per heavy atom. The first-order chi connectivity index (χ1) is 17.5. The average molecular weight is 469 g/mol. The third-order valence-corrected chi connectivity index (χ3v) is 8.88. The Balaban J connectivity index is 1.51. The van der Waals surface area contributed by atoms with Crippen molar-refractivity contribution in [2.45, 2.75) is 52.9 Å². The van der Waals surface area contributed by atoms with Gasteiger partial charge in [-0.1, -0.05) is 116 Å². The highest BCUT2D eigenvalue weighted by molar-refractivity contribution is 5.88. The van der Waals surface area contributed by atoms with Crippen LogP contribution in [0.4, 0.5) is 0 Å². The molecule has 3 aliphatic rings. The molecule has 1 saturated carbocycles. The summed E-state index contributed by atoms with van der Waals surface area (Å²) in [5.74, 6) is 1.30. The number of rotatable bonds is 4. The minimum Gasteiger partial charge on any atom is -0.0958 e. The van der Waals surface area contributed by atoms with Crippen LogP contribution in [0.1, 0.15) is 62.3 Å². The lowest BCUT2D eigenvalue weighted by Gasteiger charge is -2.37. The van der Waals surface area contributed by atoms with Gasteiger partial charge in [0.2, 0.25) is 0 Å². The molecule has 0 aliphatic heterocycles. The van der Waals surface area contributed by atoms with E-state index in [0.717, 1.165) is 19.3 Å². The summed E-state index contributed by atoms with van der Waals surface area (Å²) in [5.41, 5.74) is 14.5. The van der Waals surface area contributed by atoms with Crippen molar-refractivity contribution in [2.75, 3.05) is 0 Å². The Bertz CT molecular complexity index is 1520. The summed E-state index contributed by atoms with van der Waals surface area (Å²) in [6.45, 7) is 13.8. The first-order valence-electron chi connectivity index (χ1n) is 13.5. The SMILES string of the molecule is C=C(C)C1=C(C)C=C2C/C(=C\C3=CCc4ccccc43)C(C)C2C1c1c(CC)ccc2ccccc12. The van der Waals surface area contributed by atoms with Crippen LogP contribution >= 0.6 is 0 Å². The molecule has 0 saturated heterocycles. The van der Waals surface area contributed by atoms with Gasteiger partial charge >= 0.3 is 0 Å². The molecule has 0 heteroatoms. The van der Waals surface area contributed by atoms with Gasteiger partial charge < -0.3 is 0 Å². The van der Waals surface area contributed by atoms with Crippen molar-refractivity contribution in [1.82, 2.24) is 0 Å². The van der Waals surface area contributed by atoms with E-state index >= 15 is 0 Å². The quantitative estimate of drug-likeness (QED) is 0.357. The van der Waals surface area contributed by atoms with Crippen LogP contribution in [0.15, 0.2) is 113 Å². The molecule has 0 amide bonds. The van der Waals surface area contributed by atoms with Gasteiger partial charge in [0.25, 0.3) is 0 Å². The maximum Gasteiger partial charge on any atom is 0.0175 e. The molecule has 0 aromatic heterocycles. The molecule has 3 aromatic carbocycles. The molecule has 3 unspecified atom stereocenters. The van der Waals surface area contributed by atoms with E-state index in [-0.39, 0.29) is 0 Å². The van der Waals surface area contributed by atoms with Crippen LogP contribution < -0.4 is 0 Å². The van der Waals surface area contributed by atoms with Gasteiger partial charge in [-0.2, -0.15) is 0 Å². The van der Waals surface area contributed by atoms with E-state index < -0.39 is 0 Å². The molecule has 36 heavy (non-hydrogen) atoms. The fourth-order valence-electron chi connectivity index (χ4n) is 7.27. The number of fused-ring (bicyclic) bond motifs is 3. The third kappa shape index (κ3) is 3.58. The molecule has 6 rings (SSSR count). The summed E-state index contributed by atoms with van der Waals surface area (Å²) in [6, 6.07) is 22.5. The van der Waals surface area contributed by atoms with Crippen molar-refractivity contribution < 1.29 is 0 Å². The zero-order valence-electron chi connectivity index (χ0n) is 22.1. The molecular formula is C36H36. The molecule has 180 valence electrons. The van der Waals surface area contributed by atoms with Crippen LogP contribution in [-0.2, 0) is 12.8 Å². The lowest BCUT2D eigenvalue weighted by atomic mass is 9.66. The van der Waals surface area contributed by atoms with Gasteiger partial charge in [0.1, 0.15) is 0 Å². The van der Waals surface area contributed by atoms with E-state index in [2.05, 4.69) is 113 Å². The number of allylic oxidation sites excluding steroid dienone is 9. The second kappa shape index (κ2) is 8.93. The molecule has 1 fully saturated rings. The van der Waals surface area contributed by atoms with Gasteiger partial charge in [0.05, 0.1) is 0 Å². The van der Waals surface area contributed by atoms with Crippen LogP contribution in [-0.4, -0.2) is 0 Å². The van der Waals surface area contributed by atoms with Gasteiger partial charge in [-0.15, -0.1) is 0 Å². The standard InChI is InChI=1S/C36H36/c1-6-25-15-16-27-12-8-10-14-32(27)35(25)36-33(22(2)3)23(4)19-30-21-29(24(5)34(30)36)20-28-18-17-26-11-7-9-13-31(26)28/h7-16,18-20,24,34,36H,2,6,17,21H2,1,3-5H3/b29-20+. The number of hydrogen-bond donors (Lipinski definition) is 0. The highest BCUT2D eigenvalue weighted by Crippen LogP contribution is 2.56. The van der Waals surface area contributed by atoms with Crippen LogP contribution in [0.25, 0.3) is 16.3 Å². The molecule has 0 heterocycles. The normalized spacial score (nSPS) is 24.1. The zero-order chi connectivity index (χ0) is 25.0. The van der Waals surface area contributed by atoms with Crippen molar-refractivity contribution >= 4 is 16.3 Å². The lowest BCUT2D eigenvalue weighted by molar-refractivity contribution is 0.449.